The molecule has 0 amide bonds. The van der Waals surface area contributed by atoms with Crippen LogP contribution in [0.5, 0.6) is 0 Å². The van der Waals surface area contributed by atoms with Crippen molar-refractivity contribution in [2.45, 2.75) is 6.18 Å². The molecule has 2 rings (SSSR count). The first-order valence-electron chi connectivity index (χ1n) is 4.61. The number of aromatic nitrogens is 2. The van der Waals surface area contributed by atoms with E-state index < -0.39 is 17.7 Å². The zero-order valence-electron chi connectivity index (χ0n) is 8.37. The molecule has 0 radical (unpaired) electrons. The molecule has 0 saturated heterocycles. The van der Waals surface area contributed by atoms with E-state index in [4.69, 9.17) is 0 Å². The maximum absolute atomic E-state index is 12.9. The Morgan fingerprint density at radius 2 is 1.76 bits per heavy atom. The van der Waals surface area contributed by atoms with Gasteiger partial charge in [-0.25, -0.2) is 4.39 Å². The Morgan fingerprint density at radius 1 is 1.00 bits per heavy atom. The number of alkyl halides is 3. The van der Waals surface area contributed by atoms with Crippen LogP contribution in [0.2, 0.25) is 0 Å². The van der Waals surface area contributed by atoms with Crippen LogP contribution in [0.15, 0.2) is 36.8 Å². The highest BCUT2D eigenvalue weighted by atomic mass is 19.4. The molecule has 0 saturated carbocycles. The summed E-state index contributed by atoms with van der Waals surface area (Å²) in [6, 6.07) is 3.34. The van der Waals surface area contributed by atoms with Gasteiger partial charge < -0.3 is 0 Å². The molecule has 0 aliphatic heterocycles. The van der Waals surface area contributed by atoms with Gasteiger partial charge in [-0.15, -0.1) is 0 Å². The molecule has 0 aliphatic rings. The van der Waals surface area contributed by atoms with Crippen LogP contribution in [0, 0.1) is 5.82 Å². The van der Waals surface area contributed by atoms with Gasteiger partial charge >= 0.3 is 6.18 Å². The Bertz CT molecular complexity index is 537. The van der Waals surface area contributed by atoms with E-state index in [1.54, 1.807) is 0 Å². The van der Waals surface area contributed by atoms with Crippen molar-refractivity contribution in [3.63, 3.8) is 0 Å². The standard InChI is InChI=1S/C11H6F4N2/c12-9-3-8(5-16-6-9)7-1-2-17-10(4-7)11(13,14)15/h1-6H. The molecule has 0 unspecified atom stereocenters. The van der Waals surface area contributed by atoms with Crippen molar-refractivity contribution >= 4 is 0 Å². The van der Waals surface area contributed by atoms with Crippen LogP contribution < -0.4 is 0 Å². The highest BCUT2D eigenvalue weighted by Crippen LogP contribution is 2.30. The lowest BCUT2D eigenvalue weighted by atomic mass is 10.1. The third kappa shape index (κ3) is 2.58. The van der Waals surface area contributed by atoms with Gasteiger partial charge in [-0.05, 0) is 23.8 Å². The van der Waals surface area contributed by atoms with Crippen molar-refractivity contribution in [3.05, 3.63) is 48.3 Å². The number of hydrogen-bond acceptors (Lipinski definition) is 2. The van der Waals surface area contributed by atoms with Crippen LogP contribution in [0.4, 0.5) is 17.6 Å². The highest BCUT2D eigenvalue weighted by molar-refractivity contribution is 5.62. The van der Waals surface area contributed by atoms with Crippen LogP contribution in [0.1, 0.15) is 5.69 Å². The third-order valence-electron chi connectivity index (χ3n) is 2.09. The molecule has 17 heavy (non-hydrogen) atoms. The summed E-state index contributed by atoms with van der Waals surface area (Å²) < 4.78 is 50.1. The van der Waals surface area contributed by atoms with Crippen molar-refractivity contribution in [1.29, 1.82) is 0 Å². The van der Waals surface area contributed by atoms with Gasteiger partial charge in [0.25, 0.3) is 0 Å². The Hall–Kier alpha value is -1.98. The van der Waals surface area contributed by atoms with Gasteiger partial charge in [0.15, 0.2) is 0 Å². The van der Waals surface area contributed by atoms with Crippen molar-refractivity contribution in [2.75, 3.05) is 0 Å². The first kappa shape index (κ1) is 11.5. The molecular formula is C11H6F4N2. The smallest absolute Gasteiger partial charge is 0.261 e. The van der Waals surface area contributed by atoms with Crippen LogP contribution in [0.25, 0.3) is 11.1 Å². The van der Waals surface area contributed by atoms with Gasteiger partial charge in [0.2, 0.25) is 0 Å². The second-order valence-electron chi connectivity index (χ2n) is 3.32. The number of hydrogen-bond donors (Lipinski definition) is 0. The fraction of sp³-hybridized carbons (Fsp3) is 0.0909. The number of rotatable bonds is 1. The average molecular weight is 242 g/mol. The van der Waals surface area contributed by atoms with Crippen molar-refractivity contribution in [1.82, 2.24) is 9.97 Å². The maximum Gasteiger partial charge on any atom is 0.433 e. The summed E-state index contributed by atoms with van der Waals surface area (Å²) in [7, 11) is 0. The molecule has 0 bridgehead atoms. The predicted molar refractivity (Wildman–Crippen MR) is 52.4 cm³/mol. The van der Waals surface area contributed by atoms with Gasteiger partial charge in [-0.3, -0.25) is 9.97 Å². The fourth-order valence-electron chi connectivity index (χ4n) is 1.33. The normalized spacial score (nSPS) is 11.5. The van der Waals surface area contributed by atoms with E-state index in [2.05, 4.69) is 9.97 Å². The summed E-state index contributed by atoms with van der Waals surface area (Å²) in [6.07, 6.45) is -1.21. The van der Waals surface area contributed by atoms with Gasteiger partial charge in [0.05, 0.1) is 6.20 Å². The lowest BCUT2D eigenvalue weighted by Gasteiger charge is -2.07. The molecule has 2 aromatic heterocycles. The van der Waals surface area contributed by atoms with Gasteiger partial charge in [0.1, 0.15) is 11.5 Å². The number of pyridine rings is 2. The first-order chi connectivity index (χ1) is 7.97. The summed E-state index contributed by atoms with van der Waals surface area (Å²) in [4.78, 5) is 6.80. The van der Waals surface area contributed by atoms with Crippen LogP contribution in [-0.4, -0.2) is 9.97 Å². The lowest BCUT2D eigenvalue weighted by Crippen LogP contribution is -2.07. The van der Waals surface area contributed by atoms with Crippen molar-refractivity contribution in [3.8, 4) is 11.1 Å². The van der Waals surface area contributed by atoms with Gasteiger partial charge in [0, 0.05) is 18.0 Å². The minimum atomic E-state index is -4.52. The Kier molecular flexibility index (Phi) is 2.79. The van der Waals surface area contributed by atoms with Gasteiger partial charge in [-0.1, -0.05) is 0 Å². The fourth-order valence-corrected chi connectivity index (χ4v) is 1.33. The third-order valence-corrected chi connectivity index (χ3v) is 2.09. The minimum Gasteiger partial charge on any atom is -0.261 e. The summed E-state index contributed by atoms with van der Waals surface area (Å²) >= 11 is 0. The molecular weight excluding hydrogens is 236 g/mol. The summed E-state index contributed by atoms with van der Waals surface area (Å²) in [6.45, 7) is 0. The average Bonchev–Trinajstić information content (AvgIpc) is 2.28. The van der Waals surface area contributed by atoms with Crippen molar-refractivity contribution in [2.24, 2.45) is 0 Å². The molecule has 88 valence electrons. The van der Waals surface area contributed by atoms with E-state index in [-0.39, 0.29) is 11.1 Å². The Morgan fingerprint density at radius 3 is 2.41 bits per heavy atom. The lowest BCUT2D eigenvalue weighted by molar-refractivity contribution is -0.141. The second-order valence-corrected chi connectivity index (χ2v) is 3.32. The topological polar surface area (TPSA) is 25.8 Å². The highest BCUT2D eigenvalue weighted by Gasteiger charge is 2.32. The maximum atomic E-state index is 12.9. The summed E-state index contributed by atoms with van der Waals surface area (Å²) in [5, 5.41) is 0. The van der Waals surface area contributed by atoms with E-state index in [1.165, 1.54) is 12.3 Å². The Balaban J connectivity index is 2.47. The summed E-state index contributed by atoms with van der Waals surface area (Å²) in [5.41, 5.74) is -0.517. The van der Waals surface area contributed by atoms with E-state index in [1.807, 2.05) is 0 Å². The molecule has 0 aliphatic carbocycles. The largest absolute Gasteiger partial charge is 0.433 e. The predicted octanol–water partition coefficient (Wildman–Crippen LogP) is 3.30. The molecule has 2 heterocycles. The van der Waals surface area contributed by atoms with Crippen LogP contribution in [-0.2, 0) is 6.18 Å². The molecule has 0 aromatic carbocycles. The zero-order chi connectivity index (χ0) is 12.5. The number of halogens is 4. The van der Waals surface area contributed by atoms with E-state index in [0.717, 1.165) is 24.5 Å². The molecule has 0 spiro atoms. The van der Waals surface area contributed by atoms with E-state index in [0.29, 0.717) is 0 Å². The van der Waals surface area contributed by atoms with E-state index in [9.17, 15) is 17.6 Å². The van der Waals surface area contributed by atoms with Crippen LogP contribution in [0.3, 0.4) is 0 Å². The molecule has 0 atom stereocenters. The molecule has 0 N–H and O–H groups in total. The Labute approximate surface area is 94.0 Å². The molecule has 2 nitrogen and oxygen atoms in total. The SMILES string of the molecule is Fc1cncc(-c2ccnc(C(F)(F)F)c2)c1. The van der Waals surface area contributed by atoms with Gasteiger partial charge in [-0.2, -0.15) is 13.2 Å². The molecule has 6 heteroatoms. The zero-order valence-corrected chi connectivity index (χ0v) is 8.37. The van der Waals surface area contributed by atoms with Crippen LogP contribution >= 0.6 is 0 Å². The van der Waals surface area contributed by atoms with E-state index >= 15 is 0 Å². The van der Waals surface area contributed by atoms with Crippen molar-refractivity contribution < 1.29 is 17.6 Å². The minimum absolute atomic E-state index is 0.222. The molecule has 2 aromatic rings. The summed E-state index contributed by atoms with van der Waals surface area (Å²) in [5.74, 6) is -0.604. The monoisotopic (exact) mass is 242 g/mol. The molecule has 0 fully saturated rings. The first-order valence-corrected chi connectivity index (χ1v) is 4.61. The number of nitrogens with zero attached hydrogens (tertiary/aromatic N) is 2. The second kappa shape index (κ2) is 4.12. The quantitative estimate of drug-likeness (QED) is 0.717.